The molecule has 2 fully saturated rings. The number of benzene rings is 1. The molecule has 19 heavy (non-hydrogen) atoms. The van der Waals surface area contributed by atoms with E-state index in [1.54, 1.807) is 0 Å². The molecule has 2 aliphatic carbocycles. The van der Waals surface area contributed by atoms with E-state index in [0.717, 1.165) is 30.2 Å². The molecule has 0 bridgehead atoms. The van der Waals surface area contributed by atoms with Gasteiger partial charge in [0.15, 0.2) is 0 Å². The fourth-order valence-electron chi connectivity index (χ4n) is 3.31. The van der Waals surface area contributed by atoms with Gasteiger partial charge in [-0.05, 0) is 43.1 Å². The molecule has 0 aliphatic heterocycles. The van der Waals surface area contributed by atoms with Crippen molar-refractivity contribution in [2.45, 2.75) is 31.7 Å². The maximum Gasteiger partial charge on any atom is 0.223 e. The largest absolute Gasteiger partial charge is 0.394 e. The van der Waals surface area contributed by atoms with E-state index in [-0.39, 0.29) is 24.5 Å². The normalized spacial score (nSPS) is 29.6. The molecule has 2 aliphatic rings. The van der Waals surface area contributed by atoms with Gasteiger partial charge >= 0.3 is 0 Å². The smallest absolute Gasteiger partial charge is 0.223 e. The number of rotatable bonds is 5. The number of hydrogen-bond donors (Lipinski definition) is 2. The number of carbonyl (C=O) groups is 1. The molecule has 1 aromatic carbocycles. The van der Waals surface area contributed by atoms with Crippen LogP contribution in [0.2, 0.25) is 0 Å². The van der Waals surface area contributed by atoms with Gasteiger partial charge in [0.2, 0.25) is 5.91 Å². The Hall–Kier alpha value is -1.35. The lowest BCUT2D eigenvalue weighted by atomic mass is 10.0. The first-order valence-corrected chi connectivity index (χ1v) is 7.21. The van der Waals surface area contributed by atoms with Gasteiger partial charge in [0.05, 0.1) is 12.6 Å². The van der Waals surface area contributed by atoms with Crippen LogP contribution in [0, 0.1) is 17.8 Å². The second-order valence-corrected chi connectivity index (χ2v) is 6.00. The predicted molar refractivity (Wildman–Crippen MR) is 73.5 cm³/mol. The summed E-state index contributed by atoms with van der Waals surface area (Å²) in [5.74, 6) is 1.96. The molecule has 0 heterocycles. The van der Waals surface area contributed by atoms with Crippen LogP contribution >= 0.6 is 0 Å². The molecule has 2 N–H and O–H groups in total. The van der Waals surface area contributed by atoms with E-state index < -0.39 is 0 Å². The number of aliphatic hydroxyl groups excluding tert-OH is 1. The van der Waals surface area contributed by atoms with Gasteiger partial charge in [0.25, 0.3) is 0 Å². The predicted octanol–water partition coefficient (Wildman–Crippen LogP) is 1.75. The molecule has 1 amide bonds. The monoisotopic (exact) mass is 259 g/mol. The topological polar surface area (TPSA) is 49.3 Å². The Morgan fingerprint density at radius 2 is 1.89 bits per heavy atom. The summed E-state index contributed by atoms with van der Waals surface area (Å²) in [6.07, 6.45) is 4.14. The molecule has 102 valence electrons. The number of carbonyl (C=O) groups excluding carboxylic acids is 1. The molecule has 1 aromatic rings. The van der Waals surface area contributed by atoms with Crippen molar-refractivity contribution in [3.05, 3.63) is 35.9 Å². The molecular weight excluding hydrogens is 238 g/mol. The van der Waals surface area contributed by atoms with Gasteiger partial charge in [-0.2, -0.15) is 0 Å². The van der Waals surface area contributed by atoms with E-state index in [9.17, 15) is 9.90 Å². The second kappa shape index (κ2) is 5.33. The van der Waals surface area contributed by atoms with Crippen LogP contribution in [-0.4, -0.2) is 23.7 Å². The van der Waals surface area contributed by atoms with E-state index in [4.69, 9.17) is 0 Å². The van der Waals surface area contributed by atoms with E-state index in [1.165, 1.54) is 6.42 Å². The van der Waals surface area contributed by atoms with Crippen LogP contribution in [0.1, 0.15) is 24.8 Å². The van der Waals surface area contributed by atoms with Gasteiger partial charge in [-0.3, -0.25) is 4.79 Å². The van der Waals surface area contributed by atoms with E-state index in [0.29, 0.717) is 6.42 Å². The second-order valence-electron chi connectivity index (χ2n) is 6.00. The van der Waals surface area contributed by atoms with Crippen molar-refractivity contribution < 1.29 is 9.90 Å². The third-order valence-electron chi connectivity index (χ3n) is 4.51. The van der Waals surface area contributed by atoms with Gasteiger partial charge < -0.3 is 10.4 Å². The number of aliphatic hydroxyl groups is 1. The summed E-state index contributed by atoms with van der Waals surface area (Å²) in [4.78, 5) is 12.1. The summed E-state index contributed by atoms with van der Waals surface area (Å²) in [7, 11) is 0. The third kappa shape index (κ3) is 2.98. The molecule has 0 radical (unpaired) electrons. The minimum atomic E-state index is -0.160. The molecule has 2 unspecified atom stereocenters. The quantitative estimate of drug-likeness (QED) is 0.846. The molecule has 3 rings (SSSR count). The molecule has 0 spiro atoms. The zero-order valence-electron chi connectivity index (χ0n) is 11.1. The number of nitrogens with one attached hydrogen (secondary N) is 1. The standard InChI is InChI=1S/C16H21NO2/c18-10-15(6-11-4-2-1-3-5-11)17-16(19)14-8-12-7-13(12)9-14/h1-5,12-15,18H,6-10H2,(H,17,19)/t12?,13?,14?,15-/m1/s1. The third-order valence-corrected chi connectivity index (χ3v) is 4.51. The van der Waals surface area contributed by atoms with Crippen molar-refractivity contribution in [3.8, 4) is 0 Å². The lowest BCUT2D eigenvalue weighted by molar-refractivity contribution is -0.126. The fourth-order valence-corrected chi connectivity index (χ4v) is 3.31. The van der Waals surface area contributed by atoms with E-state index in [2.05, 4.69) is 5.32 Å². The van der Waals surface area contributed by atoms with Crippen LogP contribution in [0.15, 0.2) is 30.3 Å². The Balaban J connectivity index is 1.53. The fraction of sp³-hybridized carbons (Fsp3) is 0.562. The molecule has 2 saturated carbocycles. The van der Waals surface area contributed by atoms with Crippen LogP contribution in [-0.2, 0) is 11.2 Å². The highest BCUT2D eigenvalue weighted by molar-refractivity contribution is 5.79. The first kappa shape index (κ1) is 12.7. The molecule has 3 heteroatoms. The van der Waals surface area contributed by atoms with E-state index in [1.807, 2.05) is 30.3 Å². The van der Waals surface area contributed by atoms with E-state index >= 15 is 0 Å². The zero-order valence-corrected chi connectivity index (χ0v) is 11.1. The van der Waals surface area contributed by atoms with Crippen LogP contribution < -0.4 is 5.32 Å². The SMILES string of the molecule is O=C(N[C@@H](CO)Cc1ccccc1)C1CC2CC2C1. The van der Waals surface area contributed by atoms with Gasteiger partial charge in [-0.25, -0.2) is 0 Å². The zero-order chi connectivity index (χ0) is 13.2. The Kier molecular flexibility index (Phi) is 3.56. The number of amides is 1. The van der Waals surface area contributed by atoms with Gasteiger partial charge in [-0.1, -0.05) is 30.3 Å². The van der Waals surface area contributed by atoms with Crippen molar-refractivity contribution in [3.63, 3.8) is 0 Å². The highest BCUT2D eigenvalue weighted by Crippen LogP contribution is 2.54. The molecular formula is C16H21NO2. The van der Waals surface area contributed by atoms with Crippen molar-refractivity contribution in [2.24, 2.45) is 17.8 Å². The summed E-state index contributed by atoms with van der Waals surface area (Å²) in [6.45, 7) is 0.000210. The van der Waals surface area contributed by atoms with Crippen molar-refractivity contribution in [1.29, 1.82) is 0 Å². The molecule has 0 saturated heterocycles. The minimum Gasteiger partial charge on any atom is -0.394 e. The van der Waals surface area contributed by atoms with Crippen molar-refractivity contribution in [2.75, 3.05) is 6.61 Å². The van der Waals surface area contributed by atoms with Gasteiger partial charge in [0.1, 0.15) is 0 Å². The summed E-state index contributed by atoms with van der Waals surface area (Å²) >= 11 is 0. The molecule has 3 nitrogen and oxygen atoms in total. The summed E-state index contributed by atoms with van der Waals surface area (Å²) < 4.78 is 0. The lowest BCUT2D eigenvalue weighted by Gasteiger charge is -2.19. The summed E-state index contributed by atoms with van der Waals surface area (Å²) in [5, 5.41) is 12.4. The average Bonchev–Trinajstić information content (AvgIpc) is 3.05. The molecule has 3 atom stereocenters. The Labute approximate surface area is 114 Å². The van der Waals surface area contributed by atoms with Crippen LogP contribution in [0.25, 0.3) is 0 Å². The maximum atomic E-state index is 12.1. The first-order chi connectivity index (χ1) is 9.26. The van der Waals surface area contributed by atoms with Crippen LogP contribution in [0.3, 0.4) is 0 Å². The lowest BCUT2D eigenvalue weighted by Crippen LogP contribution is -2.42. The Morgan fingerprint density at radius 3 is 2.53 bits per heavy atom. The minimum absolute atomic E-state index is 0.000210. The van der Waals surface area contributed by atoms with Crippen LogP contribution in [0.5, 0.6) is 0 Å². The Bertz CT molecular complexity index is 435. The van der Waals surface area contributed by atoms with Gasteiger partial charge in [-0.15, -0.1) is 0 Å². The van der Waals surface area contributed by atoms with Crippen molar-refractivity contribution >= 4 is 5.91 Å². The average molecular weight is 259 g/mol. The Morgan fingerprint density at radius 1 is 1.21 bits per heavy atom. The number of hydrogen-bond acceptors (Lipinski definition) is 2. The highest BCUT2D eigenvalue weighted by atomic mass is 16.3. The highest BCUT2D eigenvalue weighted by Gasteiger charge is 2.48. The summed E-state index contributed by atoms with van der Waals surface area (Å²) in [6, 6.07) is 9.83. The maximum absolute atomic E-state index is 12.1. The molecule has 0 aromatic heterocycles. The van der Waals surface area contributed by atoms with Crippen LogP contribution in [0.4, 0.5) is 0 Å². The first-order valence-electron chi connectivity index (χ1n) is 7.21. The van der Waals surface area contributed by atoms with Crippen molar-refractivity contribution in [1.82, 2.24) is 5.32 Å². The van der Waals surface area contributed by atoms with Gasteiger partial charge in [0, 0.05) is 5.92 Å². The number of fused-ring (bicyclic) bond motifs is 1. The summed E-state index contributed by atoms with van der Waals surface area (Å²) in [5.41, 5.74) is 1.15.